The molecule has 0 saturated heterocycles. The molecule has 1 aromatic carbocycles. The topological polar surface area (TPSA) is 57.5 Å². The van der Waals surface area contributed by atoms with E-state index in [0.717, 1.165) is 0 Å². The zero-order valence-electron chi connectivity index (χ0n) is 6.37. The van der Waals surface area contributed by atoms with Crippen molar-refractivity contribution in [3.8, 4) is 0 Å². The van der Waals surface area contributed by atoms with Gasteiger partial charge in [-0.05, 0) is 18.2 Å². The fourth-order valence-electron chi connectivity index (χ4n) is 0.857. The maximum absolute atomic E-state index is 10.4. The van der Waals surface area contributed by atoms with Crippen LogP contribution in [-0.4, -0.2) is 16.2 Å². The smallest absolute Gasteiger partial charge is 0.337 e. The molecule has 0 heterocycles. The van der Waals surface area contributed by atoms with Crippen molar-refractivity contribution in [2.24, 2.45) is 0 Å². The van der Waals surface area contributed by atoms with Gasteiger partial charge in [0, 0.05) is 15.1 Å². The van der Waals surface area contributed by atoms with Crippen molar-refractivity contribution in [1.29, 1.82) is 0 Å². The molecule has 0 saturated carbocycles. The van der Waals surface area contributed by atoms with Crippen LogP contribution in [0.2, 0.25) is 5.02 Å². The first-order valence-corrected chi connectivity index (χ1v) is 4.55. The molecule has 0 fully saturated rings. The summed E-state index contributed by atoms with van der Waals surface area (Å²) in [5.41, 5.74) is 0.184. The summed E-state index contributed by atoms with van der Waals surface area (Å²) in [5, 5.41) is 18.0. The van der Waals surface area contributed by atoms with Crippen LogP contribution in [0.15, 0.2) is 22.7 Å². The van der Waals surface area contributed by atoms with Gasteiger partial charge < -0.3 is 10.2 Å². The van der Waals surface area contributed by atoms with Gasteiger partial charge in [0.05, 0.1) is 0 Å². The molecule has 70 valence electrons. The Morgan fingerprint density at radius 2 is 2.15 bits per heavy atom. The predicted octanol–water partition coefficient (Wildman–Crippen LogP) is 2.22. The predicted molar refractivity (Wildman–Crippen MR) is 51.7 cm³/mol. The summed E-state index contributed by atoms with van der Waals surface area (Å²) in [6.07, 6.45) is -1.58. The number of halogens is 2. The summed E-state index contributed by atoms with van der Waals surface area (Å²) in [6, 6.07) is 4.66. The molecule has 0 amide bonds. The Balaban J connectivity index is 3.12. The SMILES string of the molecule is O=C(O)C(O)c1cc(Br)ccc1Cl. The lowest BCUT2D eigenvalue weighted by atomic mass is 10.1. The van der Waals surface area contributed by atoms with E-state index in [1.165, 1.54) is 12.1 Å². The first kappa shape index (κ1) is 10.5. The first-order chi connectivity index (χ1) is 6.02. The second kappa shape index (κ2) is 4.09. The van der Waals surface area contributed by atoms with E-state index in [4.69, 9.17) is 16.7 Å². The third-order valence-corrected chi connectivity index (χ3v) is 2.32. The first-order valence-electron chi connectivity index (χ1n) is 3.38. The minimum Gasteiger partial charge on any atom is -0.479 e. The second-order valence-corrected chi connectivity index (χ2v) is 3.73. The Kier molecular flexibility index (Phi) is 3.30. The molecule has 0 bridgehead atoms. The van der Waals surface area contributed by atoms with Crippen LogP contribution in [0.3, 0.4) is 0 Å². The third kappa shape index (κ3) is 2.43. The maximum Gasteiger partial charge on any atom is 0.337 e. The largest absolute Gasteiger partial charge is 0.479 e. The van der Waals surface area contributed by atoms with Crippen LogP contribution >= 0.6 is 27.5 Å². The quantitative estimate of drug-likeness (QED) is 0.862. The van der Waals surface area contributed by atoms with E-state index in [0.29, 0.717) is 4.47 Å². The van der Waals surface area contributed by atoms with Gasteiger partial charge in [-0.2, -0.15) is 0 Å². The number of carbonyl (C=O) groups is 1. The van der Waals surface area contributed by atoms with Gasteiger partial charge >= 0.3 is 5.97 Å². The Morgan fingerprint density at radius 1 is 1.54 bits per heavy atom. The zero-order valence-corrected chi connectivity index (χ0v) is 8.71. The molecular formula is C8H6BrClO3. The van der Waals surface area contributed by atoms with Crippen molar-refractivity contribution in [1.82, 2.24) is 0 Å². The summed E-state index contributed by atoms with van der Waals surface area (Å²) in [7, 11) is 0. The third-order valence-electron chi connectivity index (χ3n) is 1.49. The van der Waals surface area contributed by atoms with Gasteiger partial charge in [0.1, 0.15) is 0 Å². The highest BCUT2D eigenvalue weighted by atomic mass is 79.9. The van der Waals surface area contributed by atoms with Gasteiger partial charge in [0.15, 0.2) is 6.10 Å². The number of benzene rings is 1. The molecule has 0 aliphatic carbocycles. The molecule has 1 rings (SSSR count). The number of aliphatic hydroxyl groups excluding tert-OH is 1. The monoisotopic (exact) mass is 264 g/mol. The van der Waals surface area contributed by atoms with Crippen molar-refractivity contribution >= 4 is 33.5 Å². The molecule has 1 unspecified atom stereocenters. The lowest BCUT2D eigenvalue weighted by molar-refractivity contribution is -0.146. The molecule has 1 aromatic rings. The fourth-order valence-corrected chi connectivity index (χ4v) is 1.46. The number of hydrogen-bond donors (Lipinski definition) is 2. The Morgan fingerprint density at radius 3 is 2.69 bits per heavy atom. The molecule has 0 spiro atoms. The normalized spacial score (nSPS) is 12.5. The summed E-state index contributed by atoms with van der Waals surface area (Å²) in [5.74, 6) is -1.32. The minimum atomic E-state index is -1.58. The van der Waals surface area contributed by atoms with E-state index in [1.54, 1.807) is 6.07 Å². The molecule has 13 heavy (non-hydrogen) atoms. The highest BCUT2D eigenvalue weighted by molar-refractivity contribution is 9.10. The van der Waals surface area contributed by atoms with E-state index in [2.05, 4.69) is 15.9 Å². The van der Waals surface area contributed by atoms with Crippen LogP contribution in [0.4, 0.5) is 0 Å². The van der Waals surface area contributed by atoms with Crippen molar-refractivity contribution < 1.29 is 15.0 Å². The number of rotatable bonds is 2. The molecule has 0 aromatic heterocycles. The highest BCUT2D eigenvalue weighted by Crippen LogP contribution is 2.26. The molecule has 2 N–H and O–H groups in total. The average Bonchev–Trinajstić information content (AvgIpc) is 2.08. The lowest BCUT2D eigenvalue weighted by Gasteiger charge is -2.07. The summed E-state index contributed by atoms with van der Waals surface area (Å²) >= 11 is 8.84. The Hall–Kier alpha value is -0.580. The summed E-state index contributed by atoms with van der Waals surface area (Å²) in [4.78, 5) is 10.4. The Labute approximate surface area is 88.1 Å². The van der Waals surface area contributed by atoms with E-state index >= 15 is 0 Å². The lowest BCUT2D eigenvalue weighted by Crippen LogP contribution is -2.10. The average molecular weight is 265 g/mol. The van der Waals surface area contributed by atoms with E-state index in [1.807, 2.05) is 0 Å². The van der Waals surface area contributed by atoms with Crippen LogP contribution in [0.25, 0.3) is 0 Å². The highest BCUT2D eigenvalue weighted by Gasteiger charge is 2.18. The number of aliphatic hydroxyl groups is 1. The second-order valence-electron chi connectivity index (χ2n) is 2.41. The molecule has 1 atom stereocenters. The van der Waals surface area contributed by atoms with E-state index in [9.17, 15) is 9.90 Å². The van der Waals surface area contributed by atoms with Crippen molar-refractivity contribution in [3.05, 3.63) is 33.3 Å². The van der Waals surface area contributed by atoms with Crippen LogP contribution < -0.4 is 0 Å². The standard InChI is InChI=1S/C8H6BrClO3/c9-4-1-2-6(10)5(3-4)7(11)8(12)13/h1-3,7,11H,(H,12,13). The van der Waals surface area contributed by atoms with Gasteiger partial charge in [0.25, 0.3) is 0 Å². The van der Waals surface area contributed by atoms with Gasteiger partial charge in [-0.1, -0.05) is 27.5 Å². The molecule has 3 nitrogen and oxygen atoms in total. The van der Waals surface area contributed by atoms with E-state index < -0.39 is 12.1 Å². The Bertz CT molecular complexity index is 340. The van der Waals surface area contributed by atoms with Crippen LogP contribution in [0.5, 0.6) is 0 Å². The minimum absolute atomic E-state index is 0.184. The van der Waals surface area contributed by atoms with Crippen molar-refractivity contribution in [3.63, 3.8) is 0 Å². The van der Waals surface area contributed by atoms with Gasteiger partial charge in [0.2, 0.25) is 0 Å². The van der Waals surface area contributed by atoms with Gasteiger partial charge in [-0.3, -0.25) is 0 Å². The number of aliphatic carboxylic acids is 1. The number of carboxylic acid groups (broad SMARTS) is 1. The number of hydrogen-bond acceptors (Lipinski definition) is 2. The van der Waals surface area contributed by atoms with Crippen LogP contribution in [0, 0.1) is 0 Å². The fraction of sp³-hybridized carbons (Fsp3) is 0.125. The molecule has 0 radical (unpaired) electrons. The van der Waals surface area contributed by atoms with Crippen molar-refractivity contribution in [2.75, 3.05) is 0 Å². The van der Waals surface area contributed by atoms with Crippen molar-refractivity contribution in [2.45, 2.75) is 6.10 Å². The van der Waals surface area contributed by atoms with Gasteiger partial charge in [-0.25, -0.2) is 4.79 Å². The molecule has 0 aliphatic rings. The van der Waals surface area contributed by atoms with Crippen LogP contribution in [-0.2, 0) is 4.79 Å². The molecule has 0 aliphatic heterocycles. The zero-order chi connectivity index (χ0) is 10.0. The summed E-state index contributed by atoms with van der Waals surface area (Å²) in [6.45, 7) is 0. The van der Waals surface area contributed by atoms with E-state index in [-0.39, 0.29) is 10.6 Å². The maximum atomic E-state index is 10.4. The molecular weight excluding hydrogens is 259 g/mol. The van der Waals surface area contributed by atoms with Gasteiger partial charge in [-0.15, -0.1) is 0 Å². The van der Waals surface area contributed by atoms with Crippen LogP contribution in [0.1, 0.15) is 11.7 Å². The summed E-state index contributed by atoms with van der Waals surface area (Å²) < 4.78 is 0.673. The molecule has 5 heteroatoms. The number of carboxylic acids is 1.